The third-order valence-electron chi connectivity index (χ3n) is 5.12. The van der Waals surface area contributed by atoms with Crippen molar-refractivity contribution < 1.29 is 9.53 Å². The predicted octanol–water partition coefficient (Wildman–Crippen LogP) is 3.73. The van der Waals surface area contributed by atoms with Gasteiger partial charge in [0, 0.05) is 24.4 Å². The second-order valence-corrected chi connectivity index (χ2v) is 7.85. The van der Waals surface area contributed by atoms with Crippen LogP contribution < -0.4 is 5.32 Å². The van der Waals surface area contributed by atoms with Crippen molar-refractivity contribution in [1.82, 2.24) is 20.1 Å². The van der Waals surface area contributed by atoms with Gasteiger partial charge in [0.05, 0.1) is 24.2 Å². The Morgan fingerprint density at radius 3 is 2.93 bits per heavy atom. The molecule has 0 unspecified atom stereocenters. The lowest BCUT2D eigenvalue weighted by molar-refractivity contribution is -0.127. The third-order valence-corrected chi connectivity index (χ3v) is 6.01. The highest BCUT2D eigenvalue weighted by Gasteiger charge is 2.38. The zero-order chi connectivity index (χ0) is 19.3. The van der Waals surface area contributed by atoms with Crippen molar-refractivity contribution >= 4 is 17.2 Å². The first-order valence-electron chi connectivity index (χ1n) is 9.63. The van der Waals surface area contributed by atoms with Crippen LogP contribution in [0.15, 0.2) is 54.2 Å². The SMILES string of the molecule is CC[C@@H](NC(=O)[C@H]1CCO[C@@H]1c1ccnn1Cc1ccccc1)c1nccs1. The van der Waals surface area contributed by atoms with Crippen molar-refractivity contribution in [2.45, 2.75) is 38.5 Å². The van der Waals surface area contributed by atoms with E-state index in [-0.39, 0.29) is 24.0 Å². The molecule has 1 N–H and O–H groups in total. The number of nitrogens with zero attached hydrogens (tertiary/aromatic N) is 3. The number of rotatable bonds is 7. The molecule has 1 aromatic carbocycles. The van der Waals surface area contributed by atoms with E-state index in [1.54, 1.807) is 23.7 Å². The third kappa shape index (κ3) is 4.00. The largest absolute Gasteiger partial charge is 0.371 e. The lowest BCUT2D eigenvalue weighted by atomic mass is 9.97. The number of carbonyl (C=O) groups is 1. The number of hydrogen-bond donors (Lipinski definition) is 1. The minimum absolute atomic E-state index is 0.0250. The molecule has 1 aliphatic heterocycles. The molecule has 146 valence electrons. The average molecular weight is 397 g/mol. The van der Waals surface area contributed by atoms with Crippen molar-refractivity contribution in [1.29, 1.82) is 0 Å². The second-order valence-electron chi connectivity index (χ2n) is 6.93. The number of aromatic nitrogens is 3. The molecule has 1 amide bonds. The highest BCUT2D eigenvalue weighted by molar-refractivity contribution is 7.09. The minimum atomic E-state index is -0.278. The first kappa shape index (κ1) is 18.8. The summed E-state index contributed by atoms with van der Waals surface area (Å²) in [7, 11) is 0. The van der Waals surface area contributed by atoms with Crippen LogP contribution >= 0.6 is 11.3 Å². The fourth-order valence-electron chi connectivity index (χ4n) is 3.65. The standard InChI is InChI=1S/C21H24N4O2S/c1-2-17(21-22-11-13-28-21)24-20(26)16-9-12-27-19(16)18-8-10-23-25(18)14-15-6-4-3-5-7-15/h3-8,10-11,13,16-17,19H,2,9,12,14H2,1H3,(H,24,26)/t16-,17+,19-/m0/s1. The Balaban J connectivity index is 1.49. The van der Waals surface area contributed by atoms with Crippen LogP contribution in [0.2, 0.25) is 0 Å². The van der Waals surface area contributed by atoms with Gasteiger partial charge >= 0.3 is 0 Å². The number of ether oxygens (including phenoxy) is 1. The summed E-state index contributed by atoms with van der Waals surface area (Å²) in [6.07, 6.45) is 4.79. The van der Waals surface area contributed by atoms with Crippen molar-refractivity contribution in [3.05, 3.63) is 70.4 Å². The fourth-order valence-corrected chi connectivity index (χ4v) is 4.42. The van der Waals surface area contributed by atoms with E-state index < -0.39 is 0 Å². The van der Waals surface area contributed by atoms with E-state index in [0.29, 0.717) is 19.6 Å². The number of hydrogen-bond acceptors (Lipinski definition) is 5. The lowest BCUT2D eigenvalue weighted by Crippen LogP contribution is -2.35. The number of carbonyl (C=O) groups excluding carboxylic acids is 1. The van der Waals surface area contributed by atoms with Gasteiger partial charge in [0.15, 0.2) is 0 Å². The summed E-state index contributed by atoms with van der Waals surface area (Å²) in [4.78, 5) is 17.4. The van der Waals surface area contributed by atoms with E-state index in [0.717, 1.165) is 17.1 Å². The average Bonchev–Trinajstić information content (AvgIpc) is 3.47. The van der Waals surface area contributed by atoms with Gasteiger partial charge in [-0.3, -0.25) is 9.48 Å². The van der Waals surface area contributed by atoms with Gasteiger partial charge in [-0.25, -0.2) is 4.98 Å². The normalized spacial score (nSPS) is 20.2. The molecule has 0 aliphatic carbocycles. The first-order chi connectivity index (χ1) is 13.8. The Kier molecular flexibility index (Phi) is 5.83. The van der Waals surface area contributed by atoms with Crippen LogP contribution in [0.1, 0.15) is 48.2 Å². The van der Waals surface area contributed by atoms with E-state index in [4.69, 9.17) is 4.74 Å². The summed E-state index contributed by atoms with van der Waals surface area (Å²) in [6, 6.07) is 12.1. The molecule has 7 heteroatoms. The van der Waals surface area contributed by atoms with E-state index in [2.05, 4.69) is 34.5 Å². The van der Waals surface area contributed by atoms with Gasteiger partial charge in [0.1, 0.15) is 11.1 Å². The van der Waals surface area contributed by atoms with Crippen LogP contribution in [0.4, 0.5) is 0 Å². The van der Waals surface area contributed by atoms with Gasteiger partial charge in [-0.05, 0) is 24.5 Å². The Hall–Kier alpha value is -2.51. The predicted molar refractivity (Wildman–Crippen MR) is 108 cm³/mol. The highest BCUT2D eigenvalue weighted by atomic mass is 32.1. The molecule has 2 aromatic heterocycles. The van der Waals surface area contributed by atoms with Crippen LogP contribution in [0, 0.1) is 5.92 Å². The molecule has 1 aliphatic rings. The number of thiazole rings is 1. The second kappa shape index (κ2) is 8.67. The Morgan fingerprint density at radius 1 is 1.32 bits per heavy atom. The molecular formula is C21H24N4O2S. The molecule has 3 atom stereocenters. The summed E-state index contributed by atoms with van der Waals surface area (Å²) < 4.78 is 7.91. The molecule has 1 saturated heterocycles. The summed E-state index contributed by atoms with van der Waals surface area (Å²) in [5.74, 6) is -0.197. The van der Waals surface area contributed by atoms with Gasteiger partial charge in [0.2, 0.25) is 5.91 Å². The van der Waals surface area contributed by atoms with E-state index in [1.807, 2.05) is 34.3 Å². The van der Waals surface area contributed by atoms with Crippen molar-refractivity contribution in [3.8, 4) is 0 Å². The van der Waals surface area contributed by atoms with E-state index >= 15 is 0 Å². The summed E-state index contributed by atoms with van der Waals surface area (Å²) in [6.45, 7) is 3.30. The zero-order valence-corrected chi connectivity index (χ0v) is 16.6. The van der Waals surface area contributed by atoms with Gasteiger partial charge in [-0.2, -0.15) is 5.10 Å². The topological polar surface area (TPSA) is 69.0 Å². The van der Waals surface area contributed by atoms with Gasteiger partial charge < -0.3 is 10.1 Å². The first-order valence-corrected chi connectivity index (χ1v) is 10.5. The van der Waals surface area contributed by atoms with Crippen LogP contribution in [0.5, 0.6) is 0 Å². The number of benzene rings is 1. The zero-order valence-electron chi connectivity index (χ0n) is 15.8. The fraction of sp³-hybridized carbons (Fsp3) is 0.381. The van der Waals surface area contributed by atoms with Crippen molar-refractivity contribution in [2.75, 3.05) is 6.61 Å². The molecule has 6 nitrogen and oxygen atoms in total. The van der Waals surface area contributed by atoms with Crippen molar-refractivity contribution in [2.24, 2.45) is 5.92 Å². The quantitative estimate of drug-likeness (QED) is 0.661. The molecule has 4 rings (SSSR count). The summed E-state index contributed by atoms with van der Waals surface area (Å²) in [5, 5.41) is 10.5. The maximum atomic E-state index is 13.0. The van der Waals surface area contributed by atoms with Crippen LogP contribution in [-0.4, -0.2) is 27.3 Å². The summed E-state index contributed by atoms with van der Waals surface area (Å²) >= 11 is 1.57. The molecular weight excluding hydrogens is 372 g/mol. The van der Waals surface area contributed by atoms with Crippen LogP contribution in [0.25, 0.3) is 0 Å². The van der Waals surface area contributed by atoms with Crippen LogP contribution in [0.3, 0.4) is 0 Å². The monoisotopic (exact) mass is 396 g/mol. The summed E-state index contributed by atoms with van der Waals surface area (Å²) in [5.41, 5.74) is 2.12. The van der Waals surface area contributed by atoms with E-state index in [9.17, 15) is 4.79 Å². The Morgan fingerprint density at radius 2 is 2.18 bits per heavy atom. The number of nitrogens with one attached hydrogen (secondary N) is 1. The van der Waals surface area contributed by atoms with Gasteiger partial charge in [-0.1, -0.05) is 37.3 Å². The maximum absolute atomic E-state index is 13.0. The molecule has 1 fully saturated rings. The number of amides is 1. The van der Waals surface area contributed by atoms with Gasteiger partial charge in [-0.15, -0.1) is 11.3 Å². The highest BCUT2D eigenvalue weighted by Crippen LogP contribution is 2.35. The van der Waals surface area contributed by atoms with Crippen molar-refractivity contribution in [3.63, 3.8) is 0 Å². The van der Waals surface area contributed by atoms with Gasteiger partial charge in [0.25, 0.3) is 0 Å². The smallest absolute Gasteiger partial charge is 0.226 e. The molecule has 0 radical (unpaired) electrons. The Labute approximate surface area is 168 Å². The minimum Gasteiger partial charge on any atom is -0.371 e. The molecule has 0 spiro atoms. The maximum Gasteiger partial charge on any atom is 0.226 e. The molecule has 3 aromatic rings. The molecule has 0 saturated carbocycles. The molecule has 28 heavy (non-hydrogen) atoms. The lowest BCUT2D eigenvalue weighted by Gasteiger charge is -2.22. The molecule has 3 heterocycles. The van der Waals surface area contributed by atoms with E-state index in [1.165, 1.54) is 5.56 Å². The van der Waals surface area contributed by atoms with Crippen LogP contribution in [-0.2, 0) is 16.1 Å². The Bertz CT molecular complexity index is 894. The molecule has 0 bridgehead atoms.